The second kappa shape index (κ2) is 8.96. The van der Waals surface area contributed by atoms with Gasteiger partial charge in [0.2, 0.25) is 0 Å². The van der Waals surface area contributed by atoms with E-state index in [0.29, 0.717) is 28.0 Å². The van der Waals surface area contributed by atoms with E-state index in [-0.39, 0.29) is 11.9 Å². The van der Waals surface area contributed by atoms with Crippen molar-refractivity contribution in [3.63, 3.8) is 0 Å². The van der Waals surface area contributed by atoms with Crippen LogP contribution in [0, 0.1) is 11.8 Å². The molecule has 1 aromatic rings. The molecular formula is C28H31N3O4. The largest absolute Gasteiger partial charge is 0.369 e. The maximum absolute atomic E-state index is 13.7. The molecule has 0 radical (unpaired) electrons. The van der Waals surface area contributed by atoms with Gasteiger partial charge in [0.25, 0.3) is 17.7 Å². The summed E-state index contributed by atoms with van der Waals surface area (Å²) in [6, 6.07) is 9.18. The van der Waals surface area contributed by atoms with Crippen molar-refractivity contribution in [3.05, 3.63) is 76.9 Å². The standard InChI is InChI=1S/C28H31N3O4/c1-4-9-18(10-5-2)30-25(32)19-13-15-21-24-22(16-14-20(23(19)24)26(30)33)28(35)31(27(21)34)29(3)17-11-7-6-8-12-17/h6-8,11-16,18,23-25,32H,4-5,9-10H2,1-3H3. The van der Waals surface area contributed by atoms with Gasteiger partial charge in [-0.25, -0.2) is 0 Å². The summed E-state index contributed by atoms with van der Waals surface area (Å²) in [5, 5.41) is 14.1. The lowest BCUT2D eigenvalue weighted by molar-refractivity contribution is -0.147. The number of carbonyl (C=O) groups excluding carboxylic acids is 3. The second-order valence-corrected chi connectivity index (χ2v) is 9.59. The first-order valence-electron chi connectivity index (χ1n) is 12.4. The Labute approximate surface area is 205 Å². The van der Waals surface area contributed by atoms with Gasteiger partial charge in [0, 0.05) is 41.6 Å². The van der Waals surface area contributed by atoms with E-state index in [2.05, 4.69) is 13.8 Å². The van der Waals surface area contributed by atoms with E-state index >= 15 is 0 Å². The van der Waals surface area contributed by atoms with Crippen molar-refractivity contribution in [3.8, 4) is 0 Å². The molecule has 0 bridgehead atoms. The molecule has 35 heavy (non-hydrogen) atoms. The number of aliphatic hydroxyl groups is 1. The fourth-order valence-corrected chi connectivity index (χ4v) is 5.96. The molecule has 2 saturated heterocycles. The maximum Gasteiger partial charge on any atom is 0.276 e. The number of nitrogens with zero attached hydrogens (tertiary/aromatic N) is 3. The zero-order chi connectivity index (χ0) is 24.9. The van der Waals surface area contributed by atoms with E-state index in [4.69, 9.17) is 0 Å². The van der Waals surface area contributed by atoms with Gasteiger partial charge in [0.05, 0.1) is 5.69 Å². The fourth-order valence-electron chi connectivity index (χ4n) is 5.96. The SMILES string of the molecule is CCCC(CCC)N1C(=O)C2=CC=C3C(=O)N(N(C)c4ccccc4)C(=O)C4=CC=C(C2C34)C1O. The number of benzene rings is 1. The third kappa shape index (κ3) is 3.48. The number of rotatable bonds is 7. The molecule has 182 valence electrons. The smallest absolute Gasteiger partial charge is 0.276 e. The maximum atomic E-state index is 13.7. The average Bonchev–Trinajstić information content (AvgIpc) is 2.86. The molecule has 7 nitrogen and oxygen atoms in total. The minimum atomic E-state index is -1.07. The summed E-state index contributed by atoms with van der Waals surface area (Å²) in [4.78, 5) is 42.5. The number of carbonyl (C=O) groups is 3. The predicted octanol–water partition coefficient (Wildman–Crippen LogP) is 3.50. The van der Waals surface area contributed by atoms with Crippen LogP contribution < -0.4 is 5.01 Å². The van der Waals surface area contributed by atoms with Crippen molar-refractivity contribution in [1.29, 1.82) is 0 Å². The average molecular weight is 474 g/mol. The number of hydrazine groups is 1. The van der Waals surface area contributed by atoms with Crippen molar-refractivity contribution in [2.45, 2.75) is 51.8 Å². The molecule has 1 N–H and O–H groups in total. The van der Waals surface area contributed by atoms with Crippen molar-refractivity contribution in [1.82, 2.24) is 9.91 Å². The zero-order valence-corrected chi connectivity index (χ0v) is 20.3. The Balaban J connectivity index is 1.58. The van der Waals surface area contributed by atoms with Crippen molar-refractivity contribution in [2.24, 2.45) is 11.8 Å². The summed E-state index contributed by atoms with van der Waals surface area (Å²) in [5.74, 6) is -2.08. The monoisotopic (exact) mass is 473 g/mol. The van der Waals surface area contributed by atoms with Crippen molar-refractivity contribution < 1.29 is 19.5 Å². The highest BCUT2D eigenvalue weighted by Gasteiger charge is 2.55. The molecule has 5 rings (SSSR count). The molecule has 4 aliphatic rings. The molecule has 1 aromatic carbocycles. The number of piperidine rings is 2. The highest BCUT2D eigenvalue weighted by atomic mass is 16.3. The molecule has 7 heteroatoms. The van der Waals surface area contributed by atoms with E-state index in [1.807, 2.05) is 30.3 Å². The molecule has 3 atom stereocenters. The first-order chi connectivity index (χ1) is 16.9. The Kier molecular flexibility index (Phi) is 5.97. The van der Waals surface area contributed by atoms with E-state index in [1.165, 1.54) is 0 Å². The van der Waals surface area contributed by atoms with Crippen LogP contribution in [0.1, 0.15) is 39.5 Å². The Morgan fingerprint density at radius 2 is 1.37 bits per heavy atom. The van der Waals surface area contributed by atoms with Crippen LogP contribution in [0.25, 0.3) is 0 Å². The number of anilines is 1. The van der Waals surface area contributed by atoms with E-state index in [0.717, 1.165) is 30.7 Å². The molecule has 2 heterocycles. The minimum Gasteiger partial charge on any atom is -0.369 e. The molecule has 0 aromatic heterocycles. The van der Waals surface area contributed by atoms with E-state index in [9.17, 15) is 19.5 Å². The minimum absolute atomic E-state index is 0.0596. The van der Waals surface area contributed by atoms with Gasteiger partial charge >= 0.3 is 0 Å². The van der Waals surface area contributed by atoms with Crippen LogP contribution in [0.4, 0.5) is 5.69 Å². The summed E-state index contributed by atoms with van der Waals surface area (Å²) >= 11 is 0. The Morgan fingerprint density at radius 1 is 0.829 bits per heavy atom. The highest BCUT2D eigenvalue weighted by molar-refractivity contribution is 6.17. The Bertz CT molecular complexity index is 1190. The number of likely N-dealkylation sites (tertiary alicyclic amines) is 1. The Morgan fingerprint density at radius 3 is 1.94 bits per heavy atom. The molecule has 3 amide bonds. The molecule has 2 aliphatic carbocycles. The summed E-state index contributed by atoms with van der Waals surface area (Å²) in [7, 11) is 1.69. The first kappa shape index (κ1) is 23.3. The van der Waals surface area contributed by atoms with Gasteiger partial charge in [-0.1, -0.05) is 69.2 Å². The predicted molar refractivity (Wildman–Crippen MR) is 132 cm³/mol. The molecule has 3 unspecified atom stereocenters. The lowest BCUT2D eigenvalue weighted by Gasteiger charge is -2.50. The van der Waals surface area contributed by atoms with Gasteiger partial charge in [0.1, 0.15) is 0 Å². The first-order valence-corrected chi connectivity index (χ1v) is 12.4. The van der Waals surface area contributed by atoms with Crippen LogP contribution in [0.2, 0.25) is 0 Å². The highest BCUT2D eigenvalue weighted by Crippen LogP contribution is 2.51. The molecule has 2 fully saturated rings. The number of allylic oxidation sites excluding steroid dienone is 4. The van der Waals surface area contributed by atoms with Crippen LogP contribution in [0.3, 0.4) is 0 Å². The van der Waals surface area contributed by atoms with Crippen molar-refractivity contribution >= 4 is 23.4 Å². The summed E-state index contributed by atoms with van der Waals surface area (Å²) in [5.41, 5.74) is 2.86. The number of para-hydroxylation sites is 1. The number of hydrogen-bond acceptors (Lipinski definition) is 5. The van der Waals surface area contributed by atoms with Crippen LogP contribution in [0.5, 0.6) is 0 Å². The third-order valence-electron chi connectivity index (χ3n) is 7.58. The van der Waals surface area contributed by atoms with Gasteiger partial charge in [-0.05, 0) is 30.5 Å². The number of aliphatic hydroxyl groups excluding tert-OH is 1. The number of amides is 3. The van der Waals surface area contributed by atoms with Crippen LogP contribution in [-0.4, -0.2) is 52.1 Å². The van der Waals surface area contributed by atoms with Crippen LogP contribution >= 0.6 is 0 Å². The van der Waals surface area contributed by atoms with Crippen molar-refractivity contribution in [2.75, 3.05) is 12.1 Å². The van der Waals surface area contributed by atoms with Crippen LogP contribution in [-0.2, 0) is 14.4 Å². The quantitative estimate of drug-likeness (QED) is 0.613. The van der Waals surface area contributed by atoms with Gasteiger partial charge in [-0.3, -0.25) is 19.4 Å². The summed E-state index contributed by atoms with van der Waals surface area (Å²) in [6.07, 6.45) is 9.28. The van der Waals surface area contributed by atoms with Gasteiger partial charge < -0.3 is 10.0 Å². The number of imide groups is 1. The fraction of sp³-hybridized carbons (Fsp3) is 0.393. The van der Waals surface area contributed by atoms with Gasteiger partial charge in [-0.15, -0.1) is 0 Å². The summed E-state index contributed by atoms with van der Waals surface area (Å²) < 4.78 is 0. The normalized spacial score (nSPS) is 25.2. The Hall–Kier alpha value is -3.45. The molecular weight excluding hydrogens is 442 g/mol. The lowest BCUT2D eigenvalue weighted by atomic mass is 9.63. The van der Waals surface area contributed by atoms with E-state index < -0.39 is 29.9 Å². The molecule has 0 saturated carbocycles. The number of hydrogen-bond donors (Lipinski definition) is 1. The second-order valence-electron chi connectivity index (χ2n) is 9.59. The lowest BCUT2D eigenvalue weighted by Crippen LogP contribution is -2.60. The zero-order valence-electron chi connectivity index (χ0n) is 20.3. The molecule has 0 spiro atoms. The topological polar surface area (TPSA) is 81.2 Å². The van der Waals surface area contributed by atoms with Gasteiger partial charge in [-0.2, -0.15) is 5.01 Å². The summed E-state index contributed by atoms with van der Waals surface area (Å²) in [6.45, 7) is 4.15. The van der Waals surface area contributed by atoms with Crippen LogP contribution in [0.15, 0.2) is 76.9 Å². The third-order valence-corrected chi connectivity index (χ3v) is 7.58. The molecule has 2 aliphatic heterocycles. The van der Waals surface area contributed by atoms with Gasteiger partial charge in [0.15, 0.2) is 6.23 Å². The van der Waals surface area contributed by atoms with E-state index in [1.54, 1.807) is 41.3 Å².